The van der Waals surface area contributed by atoms with Crippen LogP contribution in [0, 0.1) is 0 Å². The summed E-state index contributed by atoms with van der Waals surface area (Å²) in [6, 6.07) is 44.8. The highest BCUT2D eigenvalue weighted by molar-refractivity contribution is 5.80. The average molecular weight is 491 g/mol. The number of benzene rings is 4. The summed E-state index contributed by atoms with van der Waals surface area (Å²) >= 11 is 0. The van der Waals surface area contributed by atoms with Crippen molar-refractivity contribution in [2.75, 3.05) is 11.5 Å². The van der Waals surface area contributed by atoms with Gasteiger partial charge in [-0.1, -0.05) is 84.9 Å². The number of nitrogens with zero attached hydrogens (tertiary/aromatic N) is 2. The summed E-state index contributed by atoms with van der Waals surface area (Å²) < 4.78 is 0. The van der Waals surface area contributed by atoms with E-state index in [9.17, 15) is 0 Å². The molecule has 0 aliphatic heterocycles. The van der Waals surface area contributed by atoms with Crippen molar-refractivity contribution in [1.29, 1.82) is 0 Å². The van der Waals surface area contributed by atoms with Crippen LogP contribution in [0.3, 0.4) is 0 Å². The van der Waals surface area contributed by atoms with Crippen LogP contribution in [-0.4, -0.2) is 9.97 Å². The molecule has 4 nitrogen and oxygen atoms in total. The summed E-state index contributed by atoms with van der Waals surface area (Å²) in [6.45, 7) is 0. The van der Waals surface area contributed by atoms with E-state index in [4.69, 9.17) is 21.4 Å². The molecule has 0 bridgehead atoms. The zero-order valence-electron chi connectivity index (χ0n) is 20.8. The molecule has 2 heterocycles. The number of aromatic nitrogens is 2. The van der Waals surface area contributed by atoms with Crippen LogP contribution in [0.15, 0.2) is 133 Å². The number of hydrogen-bond acceptors (Lipinski definition) is 4. The van der Waals surface area contributed by atoms with Gasteiger partial charge in [0.05, 0.1) is 22.8 Å². The minimum atomic E-state index is 0.721. The SMILES string of the molecule is Nc1ccc(-c2cc(-c3ccccc3)cc(-c3cc(-c4ccccc4)cc(-c4ccc(N)cc4)n3)n2)cc1. The molecule has 0 spiro atoms. The first-order valence-electron chi connectivity index (χ1n) is 12.5. The highest BCUT2D eigenvalue weighted by atomic mass is 14.8. The lowest BCUT2D eigenvalue weighted by atomic mass is 9.98. The topological polar surface area (TPSA) is 77.8 Å². The van der Waals surface area contributed by atoms with Crippen molar-refractivity contribution < 1.29 is 0 Å². The first kappa shape index (κ1) is 23.2. The van der Waals surface area contributed by atoms with Gasteiger partial charge >= 0.3 is 0 Å². The summed E-state index contributed by atoms with van der Waals surface area (Å²) in [5.41, 5.74) is 23.1. The fourth-order valence-corrected chi connectivity index (χ4v) is 4.52. The second-order valence-corrected chi connectivity index (χ2v) is 9.23. The van der Waals surface area contributed by atoms with Gasteiger partial charge in [-0.05, 0) is 70.8 Å². The van der Waals surface area contributed by atoms with Crippen molar-refractivity contribution in [2.24, 2.45) is 0 Å². The van der Waals surface area contributed by atoms with Gasteiger partial charge in [0, 0.05) is 22.5 Å². The Morgan fingerprint density at radius 1 is 0.316 bits per heavy atom. The Morgan fingerprint density at radius 2 is 0.658 bits per heavy atom. The van der Waals surface area contributed by atoms with Crippen LogP contribution in [0.5, 0.6) is 0 Å². The minimum Gasteiger partial charge on any atom is -0.399 e. The third-order valence-corrected chi connectivity index (χ3v) is 6.54. The first-order valence-corrected chi connectivity index (χ1v) is 12.5. The highest BCUT2D eigenvalue weighted by Gasteiger charge is 2.13. The first-order chi connectivity index (χ1) is 18.6. The van der Waals surface area contributed by atoms with Crippen molar-refractivity contribution in [2.45, 2.75) is 0 Å². The normalized spacial score (nSPS) is 10.8. The Morgan fingerprint density at radius 3 is 1.03 bits per heavy atom. The third-order valence-electron chi connectivity index (χ3n) is 6.54. The maximum atomic E-state index is 5.96. The number of pyridine rings is 2. The van der Waals surface area contributed by atoms with Crippen LogP contribution in [0.25, 0.3) is 56.2 Å². The summed E-state index contributed by atoms with van der Waals surface area (Å²) in [4.78, 5) is 10.2. The molecule has 0 saturated heterocycles. The van der Waals surface area contributed by atoms with Gasteiger partial charge in [-0.2, -0.15) is 0 Å². The van der Waals surface area contributed by atoms with Crippen molar-refractivity contribution in [1.82, 2.24) is 9.97 Å². The molecule has 0 aliphatic rings. The van der Waals surface area contributed by atoms with Gasteiger partial charge in [0.25, 0.3) is 0 Å². The summed E-state index contributed by atoms with van der Waals surface area (Å²) in [5, 5.41) is 0. The fourth-order valence-electron chi connectivity index (χ4n) is 4.52. The van der Waals surface area contributed by atoms with Crippen LogP contribution in [0.4, 0.5) is 11.4 Å². The maximum absolute atomic E-state index is 5.96. The van der Waals surface area contributed by atoms with Gasteiger partial charge in [0.1, 0.15) is 0 Å². The molecule has 0 atom stereocenters. The summed E-state index contributed by atoms with van der Waals surface area (Å²) in [7, 11) is 0. The minimum absolute atomic E-state index is 0.721. The molecule has 4 heteroatoms. The number of nitrogen functional groups attached to an aromatic ring is 2. The van der Waals surface area contributed by atoms with Crippen LogP contribution in [0.1, 0.15) is 0 Å². The van der Waals surface area contributed by atoms with E-state index in [2.05, 4.69) is 48.5 Å². The van der Waals surface area contributed by atoms with Gasteiger partial charge in [0.15, 0.2) is 0 Å². The van der Waals surface area contributed by atoms with Gasteiger partial charge in [-0.3, -0.25) is 0 Å². The largest absolute Gasteiger partial charge is 0.399 e. The van der Waals surface area contributed by atoms with Gasteiger partial charge in [0.2, 0.25) is 0 Å². The lowest BCUT2D eigenvalue weighted by Crippen LogP contribution is -1.96. The molecule has 6 rings (SSSR count). The summed E-state index contributed by atoms with van der Waals surface area (Å²) in [5.74, 6) is 0. The Balaban J connectivity index is 1.57. The Labute approximate surface area is 222 Å². The van der Waals surface area contributed by atoms with E-state index in [1.165, 1.54) is 0 Å². The zero-order valence-corrected chi connectivity index (χ0v) is 20.8. The molecular weight excluding hydrogens is 464 g/mol. The van der Waals surface area contributed by atoms with E-state index in [0.29, 0.717) is 0 Å². The van der Waals surface area contributed by atoms with E-state index >= 15 is 0 Å². The quantitative estimate of drug-likeness (QED) is 0.240. The van der Waals surface area contributed by atoms with Crippen molar-refractivity contribution in [3.05, 3.63) is 133 Å². The molecule has 4 aromatic carbocycles. The second kappa shape index (κ2) is 10.0. The van der Waals surface area contributed by atoms with E-state index in [1.54, 1.807) is 0 Å². The van der Waals surface area contributed by atoms with Crippen molar-refractivity contribution in [3.8, 4) is 56.2 Å². The predicted molar refractivity (Wildman–Crippen MR) is 158 cm³/mol. The van der Waals surface area contributed by atoms with Crippen molar-refractivity contribution >= 4 is 11.4 Å². The van der Waals surface area contributed by atoms with Crippen molar-refractivity contribution in [3.63, 3.8) is 0 Å². The molecule has 0 radical (unpaired) electrons. The third kappa shape index (κ3) is 4.88. The maximum Gasteiger partial charge on any atom is 0.0900 e. The fraction of sp³-hybridized carbons (Fsp3) is 0. The highest BCUT2D eigenvalue weighted by Crippen LogP contribution is 2.34. The van der Waals surface area contributed by atoms with Crippen LogP contribution in [0.2, 0.25) is 0 Å². The van der Waals surface area contributed by atoms with E-state index in [0.717, 1.165) is 67.5 Å². The molecular formula is C34H26N4. The van der Waals surface area contributed by atoms with E-state index in [1.807, 2.05) is 84.9 Å². The molecule has 38 heavy (non-hydrogen) atoms. The molecule has 0 fully saturated rings. The van der Waals surface area contributed by atoms with Crippen LogP contribution >= 0.6 is 0 Å². The van der Waals surface area contributed by atoms with Crippen LogP contribution in [-0.2, 0) is 0 Å². The standard InChI is InChI=1S/C34H26N4/c35-29-15-11-25(12-16-29)31-19-27(23-7-3-1-4-8-23)21-33(37-31)34-22-28(24-9-5-2-6-10-24)20-32(38-34)26-13-17-30(36)18-14-26/h1-22H,35-36H2. The van der Waals surface area contributed by atoms with E-state index in [-0.39, 0.29) is 0 Å². The number of nitrogens with two attached hydrogens (primary N) is 2. The molecule has 182 valence electrons. The van der Waals surface area contributed by atoms with E-state index < -0.39 is 0 Å². The zero-order chi connectivity index (χ0) is 25.9. The monoisotopic (exact) mass is 490 g/mol. The molecule has 0 unspecified atom stereocenters. The Hall–Kier alpha value is -5.22. The predicted octanol–water partition coefficient (Wildman–Crippen LogP) is 7.98. The number of anilines is 2. The second-order valence-electron chi connectivity index (χ2n) is 9.23. The number of hydrogen-bond donors (Lipinski definition) is 2. The van der Waals surface area contributed by atoms with Gasteiger partial charge in [-0.25, -0.2) is 9.97 Å². The molecule has 0 aliphatic carbocycles. The molecule has 2 aromatic heterocycles. The Kier molecular flexibility index (Phi) is 6.12. The smallest absolute Gasteiger partial charge is 0.0900 e. The number of rotatable bonds is 5. The molecule has 4 N–H and O–H groups in total. The van der Waals surface area contributed by atoms with Gasteiger partial charge in [-0.15, -0.1) is 0 Å². The average Bonchev–Trinajstić information content (AvgIpc) is 2.98. The molecule has 0 saturated carbocycles. The summed E-state index contributed by atoms with van der Waals surface area (Å²) in [6.07, 6.45) is 0. The van der Waals surface area contributed by atoms with Crippen LogP contribution < -0.4 is 11.5 Å². The lowest BCUT2D eigenvalue weighted by Gasteiger charge is -2.13. The molecule has 6 aromatic rings. The lowest BCUT2D eigenvalue weighted by molar-refractivity contribution is 1.25. The Bertz CT molecular complexity index is 1560. The molecule has 0 amide bonds. The van der Waals surface area contributed by atoms with Gasteiger partial charge < -0.3 is 11.5 Å².